The van der Waals surface area contributed by atoms with Crippen LogP contribution in [0.3, 0.4) is 0 Å². The standard InChI is InChI=1S/C12H27N5/c1-10(2)15-11(16-13)14-9-12(3)5-7-17(4)8-6-12/h10H,5-9,13H2,1-4H3,(H2,14,15,16). The lowest BCUT2D eigenvalue weighted by Gasteiger charge is -2.36. The number of likely N-dealkylation sites (tertiary alicyclic amines) is 1. The molecule has 0 saturated carbocycles. The van der Waals surface area contributed by atoms with Gasteiger partial charge in [-0.1, -0.05) is 6.92 Å². The highest BCUT2D eigenvalue weighted by atomic mass is 15.3. The van der Waals surface area contributed by atoms with Crippen molar-refractivity contribution >= 4 is 5.96 Å². The van der Waals surface area contributed by atoms with Crippen LogP contribution in [0.5, 0.6) is 0 Å². The highest BCUT2D eigenvalue weighted by molar-refractivity contribution is 5.79. The summed E-state index contributed by atoms with van der Waals surface area (Å²) in [7, 11) is 2.18. The Morgan fingerprint density at radius 1 is 1.41 bits per heavy atom. The SMILES string of the molecule is CC(C)NC(=NCC1(C)CCN(C)CC1)NN. The van der Waals surface area contributed by atoms with E-state index in [9.17, 15) is 0 Å². The van der Waals surface area contributed by atoms with Crippen LogP contribution in [-0.4, -0.2) is 43.6 Å². The van der Waals surface area contributed by atoms with E-state index in [1.54, 1.807) is 0 Å². The van der Waals surface area contributed by atoms with Crippen LogP contribution in [-0.2, 0) is 0 Å². The second-order valence-corrected chi connectivity index (χ2v) is 5.72. The minimum Gasteiger partial charge on any atom is -0.353 e. The first-order valence-electron chi connectivity index (χ1n) is 6.41. The second kappa shape index (κ2) is 6.21. The molecule has 1 fully saturated rings. The van der Waals surface area contributed by atoms with Crippen molar-refractivity contribution < 1.29 is 0 Å². The van der Waals surface area contributed by atoms with Gasteiger partial charge in [0.05, 0.1) is 0 Å². The molecule has 17 heavy (non-hydrogen) atoms. The maximum absolute atomic E-state index is 5.45. The van der Waals surface area contributed by atoms with Crippen molar-refractivity contribution in [3.8, 4) is 0 Å². The Morgan fingerprint density at radius 3 is 2.47 bits per heavy atom. The van der Waals surface area contributed by atoms with Crippen molar-refractivity contribution in [2.75, 3.05) is 26.7 Å². The fourth-order valence-corrected chi connectivity index (χ4v) is 1.99. The van der Waals surface area contributed by atoms with E-state index in [0.717, 1.165) is 19.6 Å². The van der Waals surface area contributed by atoms with Gasteiger partial charge in [-0.15, -0.1) is 0 Å². The maximum atomic E-state index is 5.45. The van der Waals surface area contributed by atoms with Crippen LogP contribution in [0.4, 0.5) is 0 Å². The van der Waals surface area contributed by atoms with Gasteiger partial charge in [0, 0.05) is 12.6 Å². The number of guanidine groups is 1. The fourth-order valence-electron chi connectivity index (χ4n) is 1.99. The van der Waals surface area contributed by atoms with Crippen LogP contribution in [0.2, 0.25) is 0 Å². The van der Waals surface area contributed by atoms with Gasteiger partial charge in [0.1, 0.15) is 0 Å². The Bertz CT molecular complexity index is 254. The first kappa shape index (κ1) is 14.3. The zero-order chi connectivity index (χ0) is 12.9. The zero-order valence-corrected chi connectivity index (χ0v) is 11.6. The predicted octanol–water partition coefficient (Wildman–Crippen LogP) is 0.536. The molecule has 0 aromatic heterocycles. The van der Waals surface area contributed by atoms with Gasteiger partial charge in [0.25, 0.3) is 0 Å². The largest absolute Gasteiger partial charge is 0.353 e. The molecule has 0 bridgehead atoms. The molecule has 0 unspecified atom stereocenters. The Kier molecular flexibility index (Phi) is 5.21. The van der Waals surface area contributed by atoms with Crippen LogP contribution in [0, 0.1) is 5.41 Å². The normalized spacial score (nSPS) is 21.6. The monoisotopic (exact) mass is 241 g/mol. The molecule has 1 rings (SSSR count). The number of hydrogen-bond acceptors (Lipinski definition) is 3. The van der Waals surface area contributed by atoms with Gasteiger partial charge in [-0.2, -0.15) is 0 Å². The summed E-state index contributed by atoms with van der Waals surface area (Å²) in [6, 6.07) is 0.343. The van der Waals surface area contributed by atoms with Crippen molar-refractivity contribution in [2.24, 2.45) is 16.3 Å². The molecule has 1 saturated heterocycles. The summed E-state index contributed by atoms with van der Waals surface area (Å²) in [6.07, 6.45) is 2.40. The maximum Gasteiger partial charge on any atom is 0.205 e. The number of hydrogen-bond donors (Lipinski definition) is 3. The Labute approximate surface area is 105 Å². The highest BCUT2D eigenvalue weighted by Gasteiger charge is 2.28. The Balaban J connectivity index is 2.49. The minimum absolute atomic E-state index is 0.313. The predicted molar refractivity (Wildman–Crippen MR) is 72.7 cm³/mol. The molecule has 0 aromatic carbocycles. The van der Waals surface area contributed by atoms with E-state index in [2.05, 4.69) is 48.5 Å². The molecular formula is C12H27N5. The third-order valence-electron chi connectivity index (χ3n) is 3.38. The molecule has 0 spiro atoms. The van der Waals surface area contributed by atoms with E-state index in [0.29, 0.717) is 17.4 Å². The van der Waals surface area contributed by atoms with E-state index in [1.165, 1.54) is 12.8 Å². The van der Waals surface area contributed by atoms with E-state index in [4.69, 9.17) is 5.84 Å². The number of piperidine rings is 1. The van der Waals surface area contributed by atoms with Crippen LogP contribution in [0.1, 0.15) is 33.6 Å². The summed E-state index contributed by atoms with van der Waals surface area (Å²) in [5.74, 6) is 6.14. The zero-order valence-electron chi connectivity index (χ0n) is 11.6. The summed E-state index contributed by atoms with van der Waals surface area (Å²) in [5, 5.41) is 3.20. The van der Waals surface area contributed by atoms with Gasteiger partial charge in [0.15, 0.2) is 0 Å². The van der Waals surface area contributed by atoms with E-state index in [1.807, 2.05) is 0 Å². The lowest BCUT2D eigenvalue weighted by molar-refractivity contribution is 0.147. The highest BCUT2D eigenvalue weighted by Crippen LogP contribution is 2.30. The molecule has 0 amide bonds. The third-order valence-corrected chi connectivity index (χ3v) is 3.38. The fraction of sp³-hybridized carbons (Fsp3) is 0.917. The van der Waals surface area contributed by atoms with Gasteiger partial charge in [-0.3, -0.25) is 10.4 Å². The second-order valence-electron chi connectivity index (χ2n) is 5.72. The molecule has 100 valence electrons. The summed E-state index contributed by atoms with van der Waals surface area (Å²) >= 11 is 0. The smallest absolute Gasteiger partial charge is 0.205 e. The van der Waals surface area contributed by atoms with E-state index >= 15 is 0 Å². The Hall–Kier alpha value is -0.810. The van der Waals surface area contributed by atoms with Crippen LogP contribution in [0.15, 0.2) is 4.99 Å². The number of nitrogens with zero attached hydrogens (tertiary/aromatic N) is 2. The molecule has 0 radical (unpaired) electrons. The van der Waals surface area contributed by atoms with E-state index in [-0.39, 0.29) is 0 Å². The van der Waals surface area contributed by atoms with Gasteiger partial charge >= 0.3 is 0 Å². The summed E-state index contributed by atoms with van der Waals surface area (Å²) < 4.78 is 0. The molecule has 0 aromatic rings. The van der Waals surface area contributed by atoms with Crippen molar-refractivity contribution in [1.29, 1.82) is 0 Å². The van der Waals surface area contributed by atoms with Crippen molar-refractivity contribution in [2.45, 2.75) is 39.7 Å². The van der Waals surface area contributed by atoms with Crippen molar-refractivity contribution in [3.63, 3.8) is 0 Å². The van der Waals surface area contributed by atoms with Crippen molar-refractivity contribution in [1.82, 2.24) is 15.6 Å². The average molecular weight is 241 g/mol. The van der Waals surface area contributed by atoms with Crippen LogP contribution < -0.4 is 16.6 Å². The number of hydrazine groups is 1. The minimum atomic E-state index is 0.313. The van der Waals surface area contributed by atoms with Gasteiger partial charge in [-0.25, -0.2) is 5.84 Å². The van der Waals surface area contributed by atoms with Gasteiger partial charge in [-0.05, 0) is 52.2 Å². The Morgan fingerprint density at radius 2 is 2.00 bits per heavy atom. The van der Waals surface area contributed by atoms with Crippen LogP contribution >= 0.6 is 0 Å². The molecule has 1 heterocycles. The summed E-state index contributed by atoms with van der Waals surface area (Å²) in [6.45, 7) is 9.62. The third kappa shape index (κ3) is 4.91. The molecule has 4 N–H and O–H groups in total. The van der Waals surface area contributed by atoms with Gasteiger partial charge < -0.3 is 10.2 Å². The number of aliphatic imine (C=N–C) groups is 1. The van der Waals surface area contributed by atoms with E-state index < -0.39 is 0 Å². The molecule has 5 heteroatoms. The molecule has 1 aliphatic heterocycles. The van der Waals surface area contributed by atoms with Crippen LogP contribution in [0.25, 0.3) is 0 Å². The first-order valence-corrected chi connectivity index (χ1v) is 6.41. The average Bonchev–Trinajstić information content (AvgIpc) is 2.28. The number of nitrogens with one attached hydrogen (secondary N) is 2. The summed E-state index contributed by atoms with van der Waals surface area (Å²) in [5.41, 5.74) is 2.94. The van der Waals surface area contributed by atoms with Gasteiger partial charge in [0.2, 0.25) is 5.96 Å². The molecule has 5 nitrogen and oxygen atoms in total. The molecule has 0 aliphatic carbocycles. The van der Waals surface area contributed by atoms with Crippen molar-refractivity contribution in [3.05, 3.63) is 0 Å². The molecular weight excluding hydrogens is 214 g/mol. The number of rotatable bonds is 3. The molecule has 1 aliphatic rings. The molecule has 0 atom stereocenters. The quantitative estimate of drug-likeness (QED) is 0.292. The topological polar surface area (TPSA) is 65.7 Å². The first-order chi connectivity index (χ1) is 7.95. The lowest BCUT2D eigenvalue weighted by atomic mass is 9.80. The lowest BCUT2D eigenvalue weighted by Crippen LogP contribution is -2.45. The summed E-state index contributed by atoms with van der Waals surface area (Å²) in [4.78, 5) is 6.93. The number of nitrogens with two attached hydrogens (primary N) is 1.